The second-order valence-corrected chi connectivity index (χ2v) is 5.92. The third-order valence-corrected chi connectivity index (χ3v) is 3.93. The Bertz CT molecular complexity index is 660. The van der Waals surface area contributed by atoms with Crippen LogP contribution in [0.15, 0.2) is 46.9 Å². The molecule has 0 aliphatic heterocycles. The highest BCUT2D eigenvalue weighted by atomic mass is 79.9. The number of carbonyl (C=O) groups excluding carboxylic acids is 1. The summed E-state index contributed by atoms with van der Waals surface area (Å²) < 4.78 is 6.12. The van der Waals surface area contributed by atoms with Crippen LogP contribution in [0.25, 0.3) is 0 Å². The molecule has 21 heavy (non-hydrogen) atoms. The van der Waals surface area contributed by atoms with Crippen molar-refractivity contribution in [1.82, 2.24) is 4.90 Å². The van der Waals surface area contributed by atoms with Crippen LogP contribution in [0.3, 0.4) is 0 Å². The molecule has 0 unspecified atom stereocenters. The first-order valence-electron chi connectivity index (χ1n) is 6.35. The van der Waals surface area contributed by atoms with Crippen LogP contribution in [0.2, 0.25) is 5.02 Å². The Labute approximate surface area is 137 Å². The van der Waals surface area contributed by atoms with Gasteiger partial charge in [-0.15, -0.1) is 0 Å². The summed E-state index contributed by atoms with van der Waals surface area (Å²) >= 11 is 9.46. The quantitative estimate of drug-likeness (QED) is 0.801. The van der Waals surface area contributed by atoms with Gasteiger partial charge in [0, 0.05) is 23.6 Å². The van der Waals surface area contributed by atoms with E-state index in [-0.39, 0.29) is 5.91 Å². The number of benzene rings is 2. The molecule has 2 rings (SSSR count). The van der Waals surface area contributed by atoms with Crippen LogP contribution in [-0.2, 0) is 6.54 Å². The Hall–Kier alpha value is -1.52. The summed E-state index contributed by atoms with van der Waals surface area (Å²) in [6.07, 6.45) is 0. The summed E-state index contributed by atoms with van der Waals surface area (Å²) in [6.45, 7) is 0.450. The third kappa shape index (κ3) is 3.77. The molecule has 0 aliphatic rings. The lowest BCUT2D eigenvalue weighted by Gasteiger charge is -2.19. The van der Waals surface area contributed by atoms with Gasteiger partial charge in [0.05, 0.1) is 17.7 Å². The van der Waals surface area contributed by atoms with Gasteiger partial charge < -0.3 is 9.64 Å². The van der Waals surface area contributed by atoms with Crippen molar-refractivity contribution in [2.45, 2.75) is 6.54 Å². The van der Waals surface area contributed by atoms with Gasteiger partial charge in [0.1, 0.15) is 5.75 Å². The van der Waals surface area contributed by atoms with E-state index in [2.05, 4.69) is 15.9 Å². The maximum absolute atomic E-state index is 12.5. The van der Waals surface area contributed by atoms with Gasteiger partial charge in [0.2, 0.25) is 0 Å². The molecule has 0 spiro atoms. The average molecular weight is 369 g/mol. The van der Waals surface area contributed by atoms with Crippen LogP contribution in [0, 0.1) is 0 Å². The molecule has 0 saturated heterocycles. The first-order valence-corrected chi connectivity index (χ1v) is 7.52. The van der Waals surface area contributed by atoms with E-state index in [0.29, 0.717) is 17.1 Å². The monoisotopic (exact) mass is 367 g/mol. The Kier molecular flexibility index (Phi) is 5.26. The van der Waals surface area contributed by atoms with Gasteiger partial charge >= 0.3 is 0 Å². The normalized spacial score (nSPS) is 10.3. The summed E-state index contributed by atoms with van der Waals surface area (Å²) in [4.78, 5) is 14.1. The Morgan fingerprint density at radius 2 is 2.00 bits per heavy atom. The summed E-state index contributed by atoms with van der Waals surface area (Å²) in [7, 11) is 3.36. The molecular formula is C16H15BrClNO2. The van der Waals surface area contributed by atoms with Crippen molar-refractivity contribution >= 4 is 33.4 Å². The number of methoxy groups -OCH3 is 1. The number of halogens is 2. The topological polar surface area (TPSA) is 29.5 Å². The number of para-hydroxylation sites is 1. The molecule has 2 aromatic rings. The van der Waals surface area contributed by atoms with Crippen LogP contribution >= 0.6 is 27.5 Å². The van der Waals surface area contributed by atoms with Gasteiger partial charge in [-0.1, -0.05) is 45.7 Å². The van der Waals surface area contributed by atoms with Crippen molar-refractivity contribution < 1.29 is 9.53 Å². The molecule has 0 aromatic heterocycles. The molecule has 0 atom stereocenters. The summed E-state index contributed by atoms with van der Waals surface area (Å²) in [5.41, 5.74) is 1.42. The summed E-state index contributed by atoms with van der Waals surface area (Å²) in [5.74, 6) is 0.629. The number of carbonyl (C=O) groups is 1. The first kappa shape index (κ1) is 15.9. The lowest BCUT2D eigenvalue weighted by atomic mass is 10.1. The minimum absolute atomic E-state index is 0.132. The number of ether oxygens (including phenoxy) is 1. The van der Waals surface area contributed by atoms with E-state index >= 15 is 0 Å². The van der Waals surface area contributed by atoms with Gasteiger partial charge in [0.15, 0.2) is 0 Å². The number of hydrogen-bond donors (Lipinski definition) is 0. The van der Waals surface area contributed by atoms with E-state index in [0.717, 1.165) is 15.8 Å². The predicted octanol–water partition coefficient (Wildman–Crippen LogP) is 4.38. The molecule has 0 fully saturated rings. The zero-order chi connectivity index (χ0) is 15.4. The molecule has 0 bridgehead atoms. The highest BCUT2D eigenvalue weighted by molar-refractivity contribution is 9.10. The Morgan fingerprint density at radius 3 is 2.71 bits per heavy atom. The average Bonchev–Trinajstić information content (AvgIpc) is 2.49. The largest absolute Gasteiger partial charge is 0.496 e. The molecule has 0 heterocycles. The number of hydrogen-bond acceptors (Lipinski definition) is 2. The molecule has 0 N–H and O–H groups in total. The van der Waals surface area contributed by atoms with Crippen LogP contribution in [0.4, 0.5) is 0 Å². The van der Waals surface area contributed by atoms with E-state index < -0.39 is 0 Å². The lowest BCUT2D eigenvalue weighted by molar-refractivity contribution is 0.0784. The summed E-state index contributed by atoms with van der Waals surface area (Å²) in [5, 5.41) is 0.440. The molecule has 0 radical (unpaired) electrons. The van der Waals surface area contributed by atoms with Crippen molar-refractivity contribution in [3.8, 4) is 5.75 Å². The molecule has 0 aliphatic carbocycles. The highest BCUT2D eigenvalue weighted by Gasteiger charge is 2.17. The Balaban J connectivity index is 2.22. The van der Waals surface area contributed by atoms with Crippen LogP contribution in [0.1, 0.15) is 15.9 Å². The third-order valence-electron chi connectivity index (χ3n) is 3.11. The van der Waals surface area contributed by atoms with Crippen molar-refractivity contribution in [3.63, 3.8) is 0 Å². The number of nitrogens with zero attached hydrogens (tertiary/aromatic N) is 1. The van der Waals surface area contributed by atoms with Gasteiger partial charge in [-0.25, -0.2) is 0 Å². The fourth-order valence-electron chi connectivity index (χ4n) is 2.03. The fraction of sp³-hybridized carbons (Fsp3) is 0.188. The molecular weight excluding hydrogens is 354 g/mol. The predicted molar refractivity (Wildman–Crippen MR) is 87.9 cm³/mol. The van der Waals surface area contributed by atoms with Gasteiger partial charge in [0.25, 0.3) is 5.91 Å². The van der Waals surface area contributed by atoms with E-state index in [9.17, 15) is 4.79 Å². The lowest BCUT2D eigenvalue weighted by Crippen LogP contribution is -2.26. The SMILES string of the molecule is COc1ccccc1CN(C)C(=O)c1cc(Br)ccc1Cl. The maximum atomic E-state index is 12.5. The first-order chi connectivity index (χ1) is 10.0. The van der Waals surface area contributed by atoms with Crippen LogP contribution < -0.4 is 4.74 Å². The minimum atomic E-state index is -0.132. The van der Waals surface area contributed by atoms with Gasteiger partial charge in [-0.3, -0.25) is 4.79 Å². The van der Waals surface area contributed by atoms with Crippen molar-refractivity contribution in [2.75, 3.05) is 14.2 Å². The van der Waals surface area contributed by atoms with Crippen LogP contribution in [-0.4, -0.2) is 25.0 Å². The smallest absolute Gasteiger partial charge is 0.255 e. The molecule has 1 amide bonds. The molecule has 2 aromatic carbocycles. The molecule has 110 valence electrons. The van der Waals surface area contributed by atoms with Gasteiger partial charge in [-0.2, -0.15) is 0 Å². The fourth-order valence-corrected chi connectivity index (χ4v) is 2.59. The standard InChI is InChI=1S/C16H15BrClNO2/c1-19(10-11-5-3-4-6-15(11)21-2)16(20)13-9-12(17)7-8-14(13)18/h3-9H,10H2,1-2H3. The summed E-state index contributed by atoms with van der Waals surface area (Å²) in [6, 6.07) is 12.9. The number of rotatable bonds is 4. The second kappa shape index (κ2) is 6.96. The van der Waals surface area contributed by atoms with Crippen molar-refractivity contribution in [3.05, 3.63) is 63.1 Å². The second-order valence-electron chi connectivity index (χ2n) is 4.60. The zero-order valence-electron chi connectivity index (χ0n) is 11.8. The van der Waals surface area contributed by atoms with E-state index in [1.165, 1.54) is 0 Å². The zero-order valence-corrected chi connectivity index (χ0v) is 14.1. The maximum Gasteiger partial charge on any atom is 0.255 e. The van der Waals surface area contributed by atoms with E-state index in [4.69, 9.17) is 16.3 Å². The van der Waals surface area contributed by atoms with Crippen LogP contribution in [0.5, 0.6) is 5.75 Å². The molecule has 3 nitrogen and oxygen atoms in total. The minimum Gasteiger partial charge on any atom is -0.496 e. The molecule has 5 heteroatoms. The number of amides is 1. The van der Waals surface area contributed by atoms with Crippen molar-refractivity contribution in [2.24, 2.45) is 0 Å². The van der Waals surface area contributed by atoms with Crippen molar-refractivity contribution in [1.29, 1.82) is 0 Å². The van der Waals surface area contributed by atoms with Gasteiger partial charge in [-0.05, 0) is 24.3 Å². The highest BCUT2D eigenvalue weighted by Crippen LogP contribution is 2.24. The van der Waals surface area contributed by atoms with E-state index in [1.54, 1.807) is 37.3 Å². The molecule has 0 saturated carbocycles. The van der Waals surface area contributed by atoms with E-state index in [1.807, 2.05) is 24.3 Å². The Morgan fingerprint density at radius 1 is 1.29 bits per heavy atom.